The first kappa shape index (κ1) is 13.1. The molecule has 0 bridgehead atoms. The fourth-order valence-corrected chi connectivity index (χ4v) is 2.83. The summed E-state index contributed by atoms with van der Waals surface area (Å²) in [7, 11) is 0. The Balaban J connectivity index is 2.01. The number of aromatic nitrogens is 1. The first-order valence-corrected chi connectivity index (χ1v) is 7.05. The maximum atomic E-state index is 12.7. The highest BCUT2D eigenvalue weighted by Crippen LogP contribution is 2.30. The average Bonchev–Trinajstić information content (AvgIpc) is 2.46. The van der Waals surface area contributed by atoms with Crippen LogP contribution in [-0.4, -0.2) is 17.4 Å². The number of amides is 1. The molecule has 1 aromatic heterocycles. The minimum Gasteiger partial charge on any atom is -0.308 e. The lowest BCUT2D eigenvalue weighted by atomic mass is 9.99. The zero-order chi connectivity index (χ0) is 14.1. The van der Waals surface area contributed by atoms with Gasteiger partial charge in [-0.2, -0.15) is 0 Å². The quantitative estimate of drug-likeness (QED) is 0.802. The van der Waals surface area contributed by atoms with Gasteiger partial charge in [0, 0.05) is 24.6 Å². The summed E-state index contributed by atoms with van der Waals surface area (Å²) in [5.74, 6) is -0.0535. The van der Waals surface area contributed by atoms with Gasteiger partial charge in [0.25, 0.3) is 5.91 Å². The largest absolute Gasteiger partial charge is 0.308 e. The van der Waals surface area contributed by atoms with Crippen LogP contribution in [-0.2, 0) is 6.42 Å². The van der Waals surface area contributed by atoms with Crippen LogP contribution in [0.15, 0.2) is 36.7 Å². The molecule has 0 spiro atoms. The van der Waals surface area contributed by atoms with Gasteiger partial charge in [0.15, 0.2) is 0 Å². The van der Waals surface area contributed by atoms with Crippen LogP contribution in [0.4, 0.5) is 5.69 Å². The van der Waals surface area contributed by atoms with E-state index in [2.05, 4.69) is 18.0 Å². The molecule has 2 aromatic rings. The number of anilines is 1. The second-order valence-electron chi connectivity index (χ2n) is 5.05. The fourth-order valence-electron chi connectivity index (χ4n) is 2.63. The smallest absolute Gasteiger partial charge is 0.259 e. The van der Waals surface area contributed by atoms with Crippen molar-refractivity contribution in [3.63, 3.8) is 0 Å². The van der Waals surface area contributed by atoms with Gasteiger partial charge in [-0.1, -0.05) is 29.3 Å². The molecule has 102 valence electrons. The van der Waals surface area contributed by atoms with E-state index in [-0.39, 0.29) is 5.91 Å². The van der Waals surface area contributed by atoms with Gasteiger partial charge in [-0.3, -0.25) is 9.78 Å². The monoisotopic (exact) mass is 286 g/mol. The van der Waals surface area contributed by atoms with Crippen LogP contribution in [0.1, 0.15) is 27.9 Å². The number of pyridine rings is 1. The molecule has 0 fully saturated rings. The second-order valence-corrected chi connectivity index (χ2v) is 5.46. The predicted molar refractivity (Wildman–Crippen MR) is 80.4 cm³/mol. The number of benzene rings is 1. The molecule has 1 amide bonds. The molecule has 3 nitrogen and oxygen atoms in total. The number of fused-ring (bicyclic) bond motifs is 1. The van der Waals surface area contributed by atoms with E-state index in [0.29, 0.717) is 10.6 Å². The number of nitrogens with zero attached hydrogens (tertiary/aromatic N) is 2. The van der Waals surface area contributed by atoms with E-state index < -0.39 is 0 Å². The highest BCUT2D eigenvalue weighted by Gasteiger charge is 2.24. The van der Waals surface area contributed by atoms with E-state index in [0.717, 1.165) is 25.1 Å². The number of carbonyl (C=O) groups excluding carboxylic acids is 1. The number of aryl methyl sites for hydroxylation is 2. The minimum absolute atomic E-state index is 0.0535. The Bertz CT molecular complexity index is 669. The Morgan fingerprint density at radius 2 is 2.20 bits per heavy atom. The van der Waals surface area contributed by atoms with Gasteiger partial charge in [0.05, 0.1) is 10.6 Å². The maximum absolute atomic E-state index is 12.7. The van der Waals surface area contributed by atoms with Crippen molar-refractivity contribution >= 4 is 23.2 Å². The Kier molecular flexibility index (Phi) is 3.45. The van der Waals surface area contributed by atoms with E-state index in [1.54, 1.807) is 12.3 Å². The summed E-state index contributed by atoms with van der Waals surface area (Å²) in [6.07, 6.45) is 5.10. The van der Waals surface area contributed by atoms with Gasteiger partial charge in [0.1, 0.15) is 0 Å². The number of carbonyl (C=O) groups is 1. The fraction of sp³-hybridized carbons (Fsp3) is 0.250. The Morgan fingerprint density at radius 1 is 1.35 bits per heavy atom. The lowest BCUT2D eigenvalue weighted by Gasteiger charge is -2.30. The minimum atomic E-state index is -0.0535. The Morgan fingerprint density at radius 3 is 3.00 bits per heavy atom. The third-order valence-electron chi connectivity index (χ3n) is 3.60. The standard InChI is InChI=1S/C16H15ClN2O/c1-11-4-5-15-12(9-11)3-2-8-19(15)16(20)13-6-7-18-10-14(13)17/h4-7,9-10H,2-3,8H2,1H3. The molecule has 4 heteroatoms. The third-order valence-corrected chi connectivity index (χ3v) is 3.90. The lowest BCUT2D eigenvalue weighted by molar-refractivity contribution is 0.0985. The number of hydrogen-bond donors (Lipinski definition) is 0. The molecule has 20 heavy (non-hydrogen) atoms. The number of halogens is 1. The SMILES string of the molecule is Cc1ccc2c(c1)CCCN2C(=O)c1ccncc1Cl. The van der Waals surface area contributed by atoms with E-state index in [4.69, 9.17) is 11.6 Å². The molecule has 0 saturated heterocycles. The summed E-state index contributed by atoms with van der Waals surface area (Å²) in [6.45, 7) is 2.80. The van der Waals surface area contributed by atoms with Gasteiger partial charge in [-0.15, -0.1) is 0 Å². The second kappa shape index (κ2) is 5.25. The summed E-state index contributed by atoms with van der Waals surface area (Å²) in [4.78, 5) is 18.4. The molecule has 0 unspecified atom stereocenters. The topological polar surface area (TPSA) is 33.2 Å². The maximum Gasteiger partial charge on any atom is 0.259 e. The van der Waals surface area contributed by atoms with Crippen molar-refractivity contribution in [2.24, 2.45) is 0 Å². The first-order valence-electron chi connectivity index (χ1n) is 6.68. The summed E-state index contributed by atoms with van der Waals surface area (Å²) < 4.78 is 0. The van der Waals surface area contributed by atoms with Crippen molar-refractivity contribution in [1.29, 1.82) is 0 Å². The number of rotatable bonds is 1. The molecule has 1 aliphatic rings. The van der Waals surface area contributed by atoms with Crippen LogP contribution in [0, 0.1) is 6.92 Å². The van der Waals surface area contributed by atoms with E-state index >= 15 is 0 Å². The molecular weight excluding hydrogens is 272 g/mol. The Labute approximate surface area is 123 Å². The van der Waals surface area contributed by atoms with Gasteiger partial charge >= 0.3 is 0 Å². The number of hydrogen-bond acceptors (Lipinski definition) is 2. The van der Waals surface area contributed by atoms with Crippen molar-refractivity contribution in [2.45, 2.75) is 19.8 Å². The lowest BCUT2D eigenvalue weighted by Crippen LogP contribution is -2.35. The van der Waals surface area contributed by atoms with Gasteiger partial charge < -0.3 is 4.90 Å². The molecule has 0 atom stereocenters. The van der Waals surface area contributed by atoms with E-state index in [1.807, 2.05) is 17.0 Å². The molecule has 0 radical (unpaired) electrons. The van der Waals surface area contributed by atoms with Gasteiger partial charge in [0.2, 0.25) is 0 Å². The molecule has 1 aliphatic heterocycles. The van der Waals surface area contributed by atoms with Crippen molar-refractivity contribution in [2.75, 3.05) is 11.4 Å². The average molecular weight is 287 g/mol. The molecular formula is C16H15ClN2O. The molecule has 0 N–H and O–H groups in total. The van der Waals surface area contributed by atoms with Crippen LogP contribution in [0.3, 0.4) is 0 Å². The van der Waals surface area contributed by atoms with Crippen molar-refractivity contribution in [1.82, 2.24) is 4.98 Å². The highest BCUT2D eigenvalue weighted by atomic mass is 35.5. The predicted octanol–water partition coefficient (Wildman–Crippen LogP) is 3.64. The first-order chi connectivity index (χ1) is 9.66. The molecule has 0 aliphatic carbocycles. The summed E-state index contributed by atoms with van der Waals surface area (Å²) in [5.41, 5.74) is 3.96. The van der Waals surface area contributed by atoms with Gasteiger partial charge in [-0.05, 0) is 37.5 Å². The molecule has 3 rings (SSSR count). The van der Waals surface area contributed by atoms with Crippen molar-refractivity contribution < 1.29 is 4.79 Å². The molecule has 2 heterocycles. The summed E-state index contributed by atoms with van der Waals surface area (Å²) >= 11 is 6.08. The van der Waals surface area contributed by atoms with Crippen LogP contribution in [0.5, 0.6) is 0 Å². The van der Waals surface area contributed by atoms with Crippen LogP contribution < -0.4 is 4.90 Å². The zero-order valence-corrected chi connectivity index (χ0v) is 12.0. The van der Waals surface area contributed by atoms with Crippen LogP contribution >= 0.6 is 11.6 Å². The Hall–Kier alpha value is -1.87. The molecule has 0 saturated carbocycles. The third kappa shape index (κ3) is 2.29. The van der Waals surface area contributed by atoms with Crippen molar-refractivity contribution in [3.05, 3.63) is 58.4 Å². The van der Waals surface area contributed by atoms with Crippen molar-refractivity contribution in [3.8, 4) is 0 Å². The normalized spacial score (nSPS) is 14.0. The van der Waals surface area contributed by atoms with Crippen LogP contribution in [0.2, 0.25) is 5.02 Å². The zero-order valence-electron chi connectivity index (χ0n) is 11.3. The summed E-state index contributed by atoms with van der Waals surface area (Å²) in [6, 6.07) is 7.89. The van der Waals surface area contributed by atoms with Gasteiger partial charge in [-0.25, -0.2) is 0 Å². The van der Waals surface area contributed by atoms with E-state index in [9.17, 15) is 4.79 Å². The van der Waals surface area contributed by atoms with Crippen LogP contribution in [0.25, 0.3) is 0 Å². The van der Waals surface area contributed by atoms with E-state index in [1.165, 1.54) is 17.3 Å². The summed E-state index contributed by atoms with van der Waals surface area (Å²) in [5, 5.41) is 0.400. The molecule has 1 aromatic carbocycles. The highest BCUT2D eigenvalue weighted by molar-refractivity contribution is 6.34.